The number of rotatable bonds is 6. The molecule has 0 saturated carbocycles. The van der Waals surface area contributed by atoms with Crippen LogP contribution in [0.5, 0.6) is 0 Å². The zero-order valence-corrected chi connectivity index (χ0v) is 28.7. The second-order valence-corrected chi connectivity index (χ2v) is 13.0. The maximum Gasteiger partial charge on any atom is 0.328 e. The predicted molar refractivity (Wildman–Crippen MR) is 212 cm³/mol. The van der Waals surface area contributed by atoms with Crippen molar-refractivity contribution in [2.24, 2.45) is 14.1 Å². The Hall–Kier alpha value is -6.92. The molecular formula is C46H33N5O. The molecule has 0 unspecified atom stereocenters. The first-order valence-electron chi connectivity index (χ1n) is 17.3. The van der Waals surface area contributed by atoms with Crippen LogP contribution in [0.1, 0.15) is 0 Å². The molecule has 0 saturated heterocycles. The van der Waals surface area contributed by atoms with Crippen LogP contribution in [-0.4, -0.2) is 24.1 Å². The average molecular weight is 672 g/mol. The second kappa shape index (κ2) is 12.8. The molecule has 0 aliphatic carbocycles. The van der Waals surface area contributed by atoms with Crippen molar-refractivity contribution in [3.05, 3.63) is 174 Å². The Morgan fingerprint density at radius 1 is 0.365 bits per heavy atom. The molecule has 0 fully saturated rings. The third kappa shape index (κ3) is 5.47. The van der Waals surface area contributed by atoms with E-state index in [1.54, 1.807) is 9.13 Å². The molecule has 248 valence electrons. The van der Waals surface area contributed by atoms with Gasteiger partial charge in [-0.2, -0.15) is 0 Å². The third-order valence-electron chi connectivity index (χ3n) is 9.88. The van der Waals surface area contributed by atoms with Crippen LogP contribution in [0, 0.1) is 0 Å². The van der Waals surface area contributed by atoms with Gasteiger partial charge in [0.05, 0.1) is 11.0 Å². The zero-order chi connectivity index (χ0) is 35.2. The van der Waals surface area contributed by atoms with E-state index in [1.165, 1.54) is 0 Å². The third-order valence-corrected chi connectivity index (χ3v) is 9.88. The van der Waals surface area contributed by atoms with E-state index in [0.29, 0.717) is 17.5 Å². The number of imidazole rings is 1. The van der Waals surface area contributed by atoms with Crippen LogP contribution < -0.4 is 5.69 Å². The highest BCUT2D eigenvalue weighted by Gasteiger charge is 2.16. The number of hydrogen-bond donors (Lipinski definition) is 0. The molecule has 0 amide bonds. The van der Waals surface area contributed by atoms with Crippen LogP contribution in [0.4, 0.5) is 0 Å². The fourth-order valence-corrected chi connectivity index (χ4v) is 7.06. The van der Waals surface area contributed by atoms with E-state index in [4.69, 9.17) is 15.0 Å². The molecule has 9 aromatic rings. The summed E-state index contributed by atoms with van der Waals surface area (Å²) in [6.07, 6.45) is 0. The van der Waals surface area contributed by atoms with Crippen molar-refractivity contribution in [1.82, 2.24) is 24.1 Å². The highest BCUT2D eigenvalue weighted by Crippen LogP contribution is 2.37. The first kappa shape index (κ1) is 31.1. The van der Waals surface area contributed by atoms with Gasteiger partial charge in [0.25, 0.3) is 0 Å². The van der Waals surface area contributed by atoms with Gasteiger partial charge in [0.2, 0.25) is 0 Å². The Morgan fingerprint density at radius 3 is 1.37 bits per heavy atom. The minimum atomic E-state index is -0.0208. The van der Waals surface area contributed by atoms with Gasteiger partial charge in [0.15, 0.2) is 17.5 Å². The smallest absolute Gasteiger partial charge is 0.295 e. The Balaban J connectivity index is 1.05. The quantitative estimate of drug-likeness (QED) is 0.177. The highest BCUT2D eigenvalue weighted by atomic mass is 16.1. The zero-order valence-electron chi connectivity index (χ0n) is 28.7. The van der Waals surface area contributed by atoms with E-state index in [1.807, 2.05) is 80.8 Å². The first-order chi connectivity index (χ1) is 25.5. The molecule has 0 bridgehead atoms. The number of hydrogen-bond acceptors (Lipinski definition) is 4. The lowest BCUT2D eigenvalue weighted by molar-refractivity contribution is 0.795. The van der Waals surface area contributed by atoms with Crippen LogP contribution in [0.3, 0.4) is 0 Å². The Morgan fingerprint density at radius 2 is 0.788 bits per heavy atom. The van der Waals surface area contributed by atoms with Crippen LogP contribution >= 0.6 is 0 Å². The van der Waals surface area contributed by atoms with E-state index < -0.39 is 0 Å². The second-order valence-electron chi connectivity index (χ2n) is 13.0. The molecule has 52 heavy (non-hydrogen) atoms. The number of nitrogens with zero attached hydrogens (tertiary/aromatic N) is 5. The SMILES string of the molecule is Cn1c(=O)n(C)c2cc(-c3ccc(-c4ccc(-c5ccc(-c6nc(-c7ccccc7)nc(-c7ccccc7)n6)c6ccccc56)cc4)cc3)ccc21. The molecule has 0 radical (unpaired) electrons. The Kier molecular flexibility index (Phi) is 7.63. The molecule has 2 heterocycles. The summed E-state index contributed by atoms with van der Waals surface area (Å²) in [4.78, 5) is 27.3. The van der Waals surface area contributed by atoms with Gasteiger partial charge in [-0.3, -0.25) is 9.13 Å². The summed E-state index contributed by atoms with van der Waals surface area (Å²) in [5.41, 5.74) is 11.4. The van der Waals surface area contributed by atoms with Crippen molar-refractivity contribution < 1.29 is 0 Å². The minimum absolute atomic E-state index is 0.0208. The summed E-state index contributed by atoms with van der Waals surface area (Å²) in [5, 5.41) is 2.21. The molecule has 2 aromatic heterocycles. The van der Waals surface area contributed by atoms with Gasteiger partial charge < -0.3 is 0 Å². The maximum atomic E-state index is 12.4. The first-order valence-corrected chi connectivity index (χ1v) is 17.3. The van der Waals surface area contributed by atoms with Gasteiger partial charge in [0.1, 0.15) is 0 Å². The lowest BCUT2D eigenvalue weighted by Gasteiger charge is -2.13. The topological polar surface area (TPSA) is 65.6 Å². The summed E-state index contributed by atoms with van der Waals surface area (Å²) in [5.74, 6) is 1.93. The van der Waals surface area contributed by atoms with Crippen molar-refractivity contribution in [2.45, 2.75) is 0 Å². The van der Waals surface area contributed by atoms with E-state index in [0.717, 1.165) is 71.9 Å². The highest BCUT2D eigenvalue weighted by molar-refractivity contribution is 6.04. The number of benzene rings is 7. The molecule has 6 heteroatoms. The predicted octanol–water partition coefficient (Wildman–Crippen LogP) is 10.2. The van der Waals surface area contributed by atoms with Crippen LogP contribution in [-0.2, 0) is 14.1 Å². The minimum Gasteiger partial charge on any atom is -0.295 e. The van der Waals surface area contributed by atoms with Crippen molar-refractivity contribution in [3.63, 3.8) is 0 Å². The lowest BCUT2D eigenvalue weighted by atomic mass is 9.93. The van der Waals surface area contributed by atoms with Gasteiger partial charge in [0, 0.05) is 30.8 Å². The summed E-state index contributed by atoms with van der Waals surface area (Å²) >= 11 is 0. The molecule has 7 aromatic carbocycles. The van der Waals surface area contributed by atoms with Crippen molar-refractivity contribution in [2.75, 3.05) is 0 Å². The van der Waals surface area contributed by atoms with Gasteiger partial charge >= 0.3 is 5.69 Å². The number of aromatic nitrogens is 5. The summed E-state index contributed by atoms with van der Waals surface area (Å²) in [6, 6.07) is 56.4. The number of fused-ring (bicyclic) bond motifs is 2. The molecule has 0 atom stereocenters. The Bertz CT molecular complexity index is 2740. The van der Waals surface area contributed by atoms with Crippen LogP contribution in [0.25, 0.3) is 89.4 Å². The van der Waals surface area contributed by atoms with Crippen molar-refractivity contribution >= 4 is 21.8 Å². The normalized spacial score (nSPS) is 11.3. The van der Waals surface area contributed by atoms with Gasteiger partial charge in [-0.25, -0.2) is 19.7 Å². The largest absolute Gasteiger partial charge is 0.328 e. The summed E-state index contributed by atoms with van der Waals surface area (Å²) < 4.78 is 3.38. The average Bonchev–Trinajstić information content (AvgIpc) is 3.43. The van der Waals surface area contributed by atoms with Crippen LogP contribution in [0.2, 0.25) is 0 Å². The summed E-state index contributed by atoms with van der Waals surface area (Å²) in [6.45, 7) is 0. The molecule has 0 aliphatic heterocycles. The standard InChI is InChI=1S/C46H33N5O/c1-50-41-28-25-36(29-42(41)51(2)46(50)52)32-19-17-30(18-20-32)31-21-23-33(24-22-31)37-26-27-40(39-16-10-9-15-38(37)39)45-48-43(34-11-5-3-6-12-34)47-44(49-45)35-13-7-4-8-14-35/h3-29H,1-2H3. The fraction of sp³-hybridized carbons (Fsp3) is 0.0435. The van der Waals surface area contributed by atoms with Gasteiger partial charge in [-0.15, -0.1) is 0 Å². The van der Waals surface area contributed by atoms with E-state index in [-0.39, 0.29) is 5.69 Å². The van der Waals surface area contributed by atoms with Gasteiger partial charge in [-0.05, 0) is 62.4 Å². The molecule has 9 rings (SSSR count). The molecule has 0 spiro atoms. The molecule has 6 nitrogen and oxygen atoms in total. The summed E-state index contributed by atoms with van der Waals surface area (Å²) in [7, 11) is 3.62. The molecular weight excluding hydrogens is 639 g/mol. The maximum absolute atomic E-state index is 12.4. The van der Waals surface area contributed by atoms with E-state index in [9.17, 15) is 4.79 Å². The van der Waals surface area contributed by atoms with Gasteiger partial charge in [-0.1, -0.05) is 146 Å². The molecule has 0 N–H and O–H groups in total. The molecule has 0 aliphatic rings. The van der Waals surface area contributed by atoms with Crippen molar-refractivity contribution in [3.8, 4) is 67.5 Å². The van der Waals surface area contributed by atoms with E-state index >= 15 is 0 Å². The van der Waals surface area contributed by atoms with E-state index in [2.05, 4.69) is 97.1 Å². The monoisotopic (exact) mass is 671 g/mol. The lowest BCUT2D eigenvalue weighted by Crippen LogP contribution is -2.19. The Labute approximate surface area is 301 Å². The number of aryl methyl sites for hydroxylation is 2. The van der Waals surface area contributed by atoms with Crippen LogP contribution in [0.15, 0.2) is 169 Å². The van der Waals surface area contributed by atoms with Crippen molar-refractivity contribution in [1.29, 1.82) is 0 Å². The fourth-order valence-electron chi connectivity index (χ4n) is 7.06.